The smallest absolute Gasteiger partial charge is 0.0281 e. The van der Waals surface area contributed by atoms with Crippen molar-refractivity contribution in [3.63, 3.8) is 0 Å². The van der Waals surface area contributed by atoms with Crippen molar-refractivity contribution in [2.24, 2.45) is 0 Å². The van der Waals surface area contributed by atoms with Crippen LogP contribution in [0.2, 0.25) is 0 Å². The van der Waals surface area contributed by atoms with Gasteiger partial charge in [0, 0.05) is 17.3 Å². The van der Waals surface area contributed by atoms with Crippen molar-refractivity contribution in [2.75, 3.05) is 12.8 Å². The Kier molecular flexibility index (Phi) is 5.29. The zero-order chi connectivity index (χ0) is 14.5. The van der Waals surface area contributed by atoms with E-state index in [0.717, 1.165) is 5.92 Å². The molecular weight excluding hydrogens is 274 g/mol. The summed E-state index contributed by atoms with van der Waals surface area (Å²) in [4.78, 5) is 0. The summed E-state index contributed by atoms with van der Waals surface area (Å²) < 4.78 is 0.526. The van der Waals surface area contributed by atoms with Crippen LogP contribution in [0.1, 0.15) is 62.8 Å². The highest BCUT2D eigenvalue weighted by atomic mass is 32.2. The Balaban J connectivity index is 1.65. The molecule has 2 atom stereocenters. The van der Waals surface area contributed by atoms with Gasteiger partial charge in [-0.2, -0.15) is 11.8 Å². The Morgan fingerprint density at radius 1 is 1.05 bits per heavy atom. The second-order valence-corrected chi connectivity index (χ2v) is 8.16. The van der Waals surface area contributed by atoms with Crippen LogP contribution in [0.3, 0.4) is 0 Å². The zero-order valence-corrected chi connectivity index (χ0v) is 14.1. The first-order valence-corrected chi connectivity index (χ1v) is 9.89. The van der Waals surface area contributed by atoms with Crippen molar-refractivity contribution in [3.8, 4) is 0 Å². The molecule has 1 aromatic rings. The van der Waals surface area contributed by atoms with Crippen molar-refractivity contribution >= 4 is 11.8 Å². The maximum absolute atomic E-state index is 3.98. The van der Waals surface area contributed by atoms with Gasteiger partial charge in [0.1, 0.15) is 0 Å². The van der Waals surface area contributed by atoms with Crippen molar-refractivity contribution in [2.45, 2.75) is 68.1 Å². The maximum Gasteiger partial charge on any atom is 0.0281 e. The van der Waals surface area contributed by atoms with Crippen LogP contribution in [0.5, 0.6) is 0 Å². The lowest BCUT2D eigenvalue weighted by atomic mass is 9.80. The predicted molar refractivity (Wildman–Crippen MR) is 94.2 cm³/mol. The lowest BCUT2D eigenvalue weighted by Crippen LogP contribution is -2.44. The molecule has 2 fully saturated rings. The molecule has 0 radical (unpaired) electrons. The van der Waals surface area contributed by atoms with Crippen LogP contribution < -0.4 is 5.32 Å². The van der Waals surface area contributed by atoms with Crippen molar-refractivity contribution in [3.05, 3.63) is 35.9 Å². The average molecular weight is 304 g/mol. The summed E-state index contributed by atoms with van der Waals surface area (Å²) in [6.07, 6.45) is 13.5. The summed E-state index contributed by atoms with van der Waals surface area (Å²) in [6, 6.07) is 11.9. The first-order valence-electron chi connectivity index (χ1n) is 8.66. The monoisotopic (exact) mass is 303 g/mol. The van der Waals surface area contributed by atoms with Gasteiger partial charge in [0.2, 0.25) is 0 Å². The molecule has 0 saturated heterocycles. The Bertz CT molecular complexity index is 424. The van der Waals surface area contributed by atoms with Crippen LogP contribution in [0.25, 0.3) is 0 Å². The molecule has 21 heavy (non-hydrogen) atoms. The van der Waals surface area contributed by atoms with Gasteiger partial charge in [-0.25, -0.2) is 0 Å². The van der Waals surface area contributed by atoms with E-state index in [-0.39, 0.29) is 0 Å². The van der Waals surface area contributed by atoms with E-state index >= 15 is 0 Å². The molecule has 0 heterocycles. The van der Waals surface area contributed by atoms with Crippen molar-refractivity contribution < 1.29 is 0 Å². The minimum absolute atomic E-state index is 0.526. The summed E-state index contributed by atoms with van der Waals surface area (Å²) in [7, 11) is 0. The highest BCUT2D eigenvalue weighted by Gasteiger charge is 2.35. The molecule has 2 aliphatic carbocycles. The van der Waals surface area contributed by atoms with Gasteiger partial charge >= 0.3 is 0 Å². The summed E-state index contributed by atoms with van der Waals surface area (Å²) in [5.41, 5.74) is 1.54. The van der Waals surface area contributed by atoms with Gasteiger partial charge in [-0.15, -0.1) is 0 Å². The molecule has 116 valence electrons. The zero-order valence-electron chi connectivity index (χ0n) is 13.3. The number of thioether (sulfide) groups is 1. The number of nitrogens with one attached hydrogen (secondary N) is 1. The summed E-state index contributed by atoms with van der Waals surface area (Å²) in [5, 5.41) is 3.98. The quantitative estimate of drug-likeness (QED) is 0.823. The van der Waals surface area contributed by atoms with Gasteiger partial charge in [-0.3, -0.25) is 0 Å². The highest BCUT2D eigenvalue weighted by molar-refractivity contribution is 8.00. The molecule has 0 aromatic heterocycles. The fraction of sp³-hybridized carbons (Fsp3) is 0.684. The molecule has 1 nitrogen and oxygen atoms in total. The first kappa shape index (κ1) is 15.4. The Morgan fingerprint density at radius 3 is 2.48 bits per heavy atom. The van der Waals surface area contributed by atoms with E-state index in [1.165, 1.54) is 57.9 Å². The molecular formula is C19H29NS. The minimum Gasteiger partial charge on any atom is -0.312 e. The van der Waals surface area contributed by atoms with Crippen LogP contribution in [0, 0.1) is 0 Å². The average Bonchev–Trinajstić information content (AvgIpc) is 3.04. The molecule has 1 N–H and O–H groups in total. The molecule has 0 amide bonds. The SMILES string of the molecule is CSC1(CNC2CCCCC2c2ccccc2)CCCC1. The number of hydrogen-bond acceptors (Lipinski definition) is 2. The third-order valence-electron chi connectivity index (χ3n) is 5.63. The Morgan fingerprint density at radius 2 is 1.76 bits per heavy atom. The molecule has 0 spiro atoms. The molecule has 2 heteroatoms. The lowest BCUT2D eigenvalue weighted by molar-refractivity contribution is 0.316. The van der Waals surface area contributed by atoms with Crippen LogP contribution in [-0.4, -0.2) is 23.6 Å². The van der Waals surface area contributed by atoms with E-state index in [1.54, 1.807) is 5.56 Å². The van der Waals surface area contributed by atoms with E-state index in [2.05, 4.69) is 53.7 Å². The Hall–Kier alpha value is -0.470. The summed E-state index contributed by atoms with van der Waals surface area (Å²) >= 11 is 2.10. The van der Waals surface area contributed by atoms with Crippen molar-refractivity contribution in [1.82, 2.24) is 5.32 Å². The predicted octanol–water partition coefficient (Wildman–Crippen LogP) is 4.98. The van der Waals surface area contributed by atoms with E-state index in [9.17, 15) is 0 Å². The second-order valence-electron chi connectivity index (χ2n) is 6.88. The third-order valence-corrected chi connectivity index (χ3v) is 7.05. The third kappa shape index (κ3) is 3.65. The van der Waals surface area contributed by atoms with E-state index in [0.29, 0.717) is 10.8 Å². The van der Waals surface area contributed by atoms with Crippen LogP contribution in [0.4, 0.5) is 0 Å². The van der Waals surface area contributed by atoms with E-state index < -0.39 is 0 Å². The number of rotatable bonds is 5. The number of hydrogen-bond donors (Lipinski definition) is 1. The van der Waals surface area contributed by atoms with Gasteiger partial charge in [0.05, 0.1) is 0 Å². The minimum atomic E-state index is 0.526. The maximum atomic E-state index is 3.98. The van der Waals surface area contributed by atoms with E-state index in [4.69, 9.17) is 0 Å². The molecule has 3 rings (SSSR count). The standard InChI is InChI=1S/C19H29NS/c1-21-19(13-7-8-14-19)15-20-18-12-6-5-11-17(18)16-9-3-2-4-10-16/h2-4,9-10,17-18,20H,5-8,11-15H2,1H3. The van der Waals surface area contributed by atoms with Gasteiger partial charge in [-0.05, 0) is 43.4 Å². The molecule has 0 bridgehead atoms. The van der Waals surface area contributed by atoms with Crippen LogP contribution in [0.15, 0.2) is 30.3 Å². The highest BCUT2D eigenvalue weighted by Crippen LogP contribution is 2.40. The normalized spacial score (nSPS) is 28.6. The summed E-state index contributed by atoms with van der Waals surface area (Å²) in [6.45, 7) is 1.21. The van der Waals surface area contributed by atoms with Crippen LogP contribution in [-0.2, 0) is 0 Å². The molecule has 2 aliphatic rings. The van der Waals surface area contributed by atoms with Crippen LogP contribution >= 0.6 is 11.8 Å². The van der Waals surface area contributed by atoms with Gasteiger partial charge < -0.3 is 5.32 Å². The van der Waals surface area contributed by atoms with Gasteiger partial charge in [0.15, 0.2) is 0 Å². The largest absolute Gasteiger partial charge is 0.312 e. The molecule has 2 unspecified atom stereocenters. The van der Waals surface area contributed by atoms with E-state index in [1.807, 2.05) is 0 Å². The number of benzene rings is 1. The summed E-state index contributed by atoms with van der Waals surface area (Å²) in [5.74, 6) is 0.722. The fourth-order valence-electron chi connectivity index (χ4n) is 4.26. The van der Waals surface area contributed by atoms with Crippen molar-refractivity contribution in [1.29, 1.82) is 0 Å². The second kappa shape index (κ2) is 7.19. The first-order chi connectivity index (χ1) is 10.3. The Labute approximate surface area is 134 Å². The van der Waals surface area contributed by atoms with Gasteiger partial charge in [-0.1, -0.05) is 56.0 Å². The lowest BCUT2D eigenvalue weighted by Gasteiger charge is -2.36. The van der Waals surface area contributed by atoms with Gasteiger partial charge in [0.25, 0.3) is 0 Å². The molecule has 0 aliphatic heterocycles. The molecule has 1 aromatic carbocycles. The fourth-order valence-corrected chi connectivity index (χ4v) is 5.19. The molecule has 2 saturated carbocycles. The topological polar surface area (TPSA) is 12.0 Å².